The van der Waals surface area contributed by atoms with E-state index in [9.17, 15) is 9.36 Å². The van der Waals surface area contributed by atoms with Crippen molar-refractivity contribution in [2.75, 3.05) is 40.2 Å². The van der Waals surface area contributed by atoms with Crippen LogP contribution < -0.4 is 9.47 Å². The molecule has 2 aromatic carbocycles. The number of hydrogen-bond donors (Lipinski definition) is 0. The maximum Gasteiger partial charge on any atom is 0.330 e. The van der Waals surface area contributed by atoms with Gasteiger partial charge in [-0.25, -0.2) is 0 Å². The summed E-state index contributed by atoms with van der Waals surface area (Å²) in [5.41, 5.74) is 1.22. The molecule has 0 spiro atoms. The second kappa shape index (κ2) is 12.6. The van der Waals surface area contributed by atoms with E-state index < -0.39 is 13.7 Å². The summed E-state index contributed by atoms with van der Waals surface area (Å²) in [7, 11) is 0.00841. The fourth-order valence-electron chi connectivity index (χ4n) is 3.03. The summed E-state index contributed by atoms with van der Waals surface area (Å²) in [5, 5.41) is 0. The number of methoxy groups -OCH3 is 2. The van der Waals surface area contributed by atoms with E-state index in [0.717, 1.165) is 0 Å². The molecule has 0 N–H and O–H groups in total. The monoisotopic (exact) mass is 450 g/mol. The molecule has 0 saturated carbocycles. The Bertz CT molecular complexity index is 839. The van der Waals surface area contributed by atoms with E-state index in [-0.39, 0.29) is 18.6 Å². The highest BCUT2D eigenvalue weighted by Crippen LogP contribution is 2.48. The molecule has 0 bridgehead atoms. The van der Waals surface area contributed by atoms with E-state index in [4.69, 9.17) is 23.3 Å². The molecule has 0 saturated heterocycles. The molecular weight excluding hydrogens is 419 g/mol. The molecular formula is C23H31O7P. The average Bonchev–Trinajstić information content (AvgIpc) is 2.79. The molecule has 2 aromatic rings. The number of rotatable bonds is 14. The molecule has 170 valence electrons. The van der Waals surface area contributed by atoms with Crippen LogP contribution in [0.2, 0.25) is 0 Å². The highest BCUT2D eigenvalue weighted by atomic mass is 31.2. The van der Waals surface area contributed by atoms with Crippen LogP contribution in [0.25, 0.3) is 0 Å². The number of Topliss-reactive ketones (excluding diaryl/α,β-unsaturated/α-hetero) is 1. The van der Waals surface area contributed by atoms with E-state index in [1.54, 1.807) is 76.6 Å². The molecule has 31 heavy (non-hydrogen) atoms. The van der Waals surface area contributed by atoms with E-state index in [2.05, 4.69) is 0 Å². The molecule has 7 nitrogen and oxygen atoms in total. The topological polar surface area (TPSA) is 80.3 Å². The fraction of sp³-hybridized carbons (Fsp3) is 0.435. The first-order valence-electron chi connectivity index (χ1n) is 10.3. The zero-order chi connectivity index (χ0) is 22.7. The molecule has 0 fully saturated rings. The Hall–Kier alpha value is -2.18. The van der Waals surface area contributed by atoms with Gasteiger partial charge in [0.15, 0.2) is 5.78 Å². The molecule has 0 aliphatic carbocycles. The van der Waals surface area contributed by atoms with Crippen LogP contribution in [0.5, 0.6) is 11.5 Å². The van der Waals surface area contributed by atoms with Crippen molar-refractivity contribution in [2.45, 2.75) is 26.4 Å². The second-order valence-electron chi connectivity index (χ2n) is 6.64. The summed E-state index contributed by atoms with van der Waals surface area (Å²) in [6.07, 6.45) is -0.154. The Labute approximate surface area is 184 Å². The van der Waals surface area contributed by atoms with Crippen molar-refractivity contribution in [3.63, 3.8) is 0 Å². The quantitative estimate of drug-likeness (QED) is 0.219. The maximum atomic E-state index is 13.2. The summed E-state index contributed by atoms with van der Waals surface area (Å²) < 4.78 is 39.6. The molecule has 1 atom stereocenters. The van der Waals surface area contributed by atoms with Gasteiger partial charge in [0, 0.05) is 12.2 Å². The van der Waals surface area contributed by atoms with Crippen molar-refractivity contribution in [3.8, 4) is 11.5 Å². The van der Waals surface area contributed by atoms with E-state index in [1.807, 2.05) is 0 Å². The first kappa shape index (κ1) is 25.1. The van der Waals surface area contributed by atoms with Crippen molar-refractivity contribution in [1.82, 2.24) is 0 Å². The van der Waals surface area contributed by atoms with Crippen LogP contribution in [-0.2, 0) is 18.3 Å². The third-order valence-corrected chi connectivity index (χ3v) is 6.71. The minimum Gasteiger partial charge on any atom is -0.497 e. The maximum absolute atomic E-state index is 13.2. The lowest BCUT2D eigenvalue weighted by Gasteiger charge is -2.20. The molecule has 1 unspecified atom stereocenters. The summed E-state index contributed by atoms with van der Waals surface area (Å²) in [5.74, 6) is 1.18. The Balaban J connectivity index is 2.13. The Morgan fingerprint density at radius 3 is 1.87 bits per heavy atom. The van der Waals surface area contributed by atoms with E-state index in [0.29, 0.717) is 42.3 Å². The van der Waals surface area contributed by atoms with Crippen molar-refractivity contribution >= 4 is 13.4 Å². The number of ketones is 1. The zero-order valence-corrected chi connectivity index (χ0v) is 19.4. The third kappa shape index (κ3) is 7.47. The van der Waals surface area contributed by atoms with Gasteiger partial charge in [-0.3, -0.25) is 9.36 Å². The van der Waals surface area contributed by atoms with Crippen molar-refractivity contribution in [2.24, 2.45) is 0 Å². The molecule has 0 amide bonds. The third-order valence-electron chi connectivity index (χ3n) is 4.54. The Kier molecular flexibility index (Phi) is 10.2. The summed E-state index contributed by atoms with van der Waals surface area (Å²) in [6.45, 7) is 4.39. The lowest BCUT2D eigenvalue weighted by Crippen LogP contribution is -2.18. The molecule has 8 heteroatoms. The van der Waals surface area contributed by atoms with Crippen molar-refractivity contribution < 1.29 is 32.6 Å². The van der Waals surface area contributed by atoms with Gasteiger partial charge in [0.1, 0.15) is 17.6 Å². The van der Waals surface area contributed by atoms with Crippen molar-refractivity contribution in [1.29, 1.82) is 0 Å². The van der Waals surface area contributed by atoms with Gasteiger partial charge in [0.2, 0.25) is 0 Å². The first-order chi connectivity index (χ1) is 15.0. The Morgan fingerprint density at radius 2 is 1.39 bits per heavy atom. The van der Waals surface area contributed by atoms with E-state index in [1.165, 1.54) is 0 Å². The molecule has 0 aromatic heterocycles. The first-order valence-corrected chi connectivity index (χ1v) is 12.0. The minimum absolute atomic E-state index is 0.175. The second-order valence-corrected chi connectivity index (χ2v) is 8.83. The molecule has 0 aliphatic rings. The highest BCUT2D eigenvalue weighted by Gasteiger charge is 2.26. The fourth-order valence-corrected chi connectivity index (χ4v) is 4.66. The normalized spacial score (nSPS) is 12.4. The molecule has 2 rings (SSSR count). The molecule has 0 heterocycles. The SMILES string of the molecule is CCOP(=O)(CCCOC(C(=O)c1ccc(OC)cc1)c1ccc(OC)cc1)OCC. The smallest absolute Gasteiger partial charge is 0.330 e. The van der Waals surface area contributed by atoms with Gasteiger partial charge in [-0.2, -0.15) is 0 Å². The van der Waals surface area contributed by atoms with Gasteiger partial charge >= 0.3 is 7.60 Å². The molecule has 0 aliphatic heterocycles. The number of ether oxygens (including phenoxy) is 3. The van der Waals surface area contributed by atoms with Crippen LogP contribution in [0, 0.1) is 0 Å². The predicted octanol–water partition coefficient (Wildman–Crippen LogP) is 5.30. The average molecular weight is 450 g/mol. The largest absolute Gasteiger partial charge is 0.497 e. The van der Waals surface area contributed by atoms with E-state index >= 15 is 0 Å². The minimum atomic E-state index is -3.15. The number of carbonyl (C=O) groups is 1. The van der Waals surface area contributed by atoms with Crippen molar-refractivity contribution in [3.05, 3.63) is 59.7 Å². The highest BCUT2D eigenvalue weighted by molar-refractivity contribution is 7.53. The summed E-state index contributed by atoms with van der Waals surface area (Å²) in [6, 6.07) is 14.1. The Morgan fingerprint density at radius 1 is 0.871 bits per heavy atom. The lowest BCUT2D eigenvalue weighted by atomic mass is 9.99. The van der Waals surface area contributed by atoms with Gasteiger partial charge in [-0.05, 0) is 62.2 Å². The van der Waals surface area contributed by atoms with Crippen LogP contribution in [0.3, 0.4) is 0 Å². The van der Waals surface area contributed by atoms with Crippen LogP contribution in [-0.4, -0.2) is 46.0 Å². The number of benzene rings is 2. The van der Waals surface area contributed by atoms with Gasteiger partial charge in [0.25, 0.3) is 0 Å². The van der Waals surface area contributed by atoms with Gasteiger partial charge in [0.05, 0.1) is 33.6 Å². The number of hydrogen-bond acceptors (Lipinski definition) is 7. The summed E-state index contributed by atoms with van der Waals surface area (Å²) in [4.78, 5) is 13.2. The molecule has 0 radical (unpaired) electrons. The van der Waals surface area contributed by atoms with Crippen LogP contribution in [0.4, 0.5) is 0 Å². The summed E-state index contributed by atoms with van der Waals surface area (Å²) >= 11 is 0. The predicted molar refractivity (Wildman–Crippen MR) is 119 cm³/mol. The standard InChI is InChI=1S/C23H31O7P/c1-5-29-31(25,30-6-2)17-7-16-28-23(19-10-14-21(27-4)15-11-19)22(24)18-8-12-20(26-3)13-9-18/h8-15,23H,5-7,16-17H2,1-4H3. The zero-order valence-electron chi connectivity index (χ0n) is 18.5. The van der Waals surface area contributed by atoms with Crippen LogP contribution in [0.15, 0.2) is 48.5 Å². The van der Waals surface area contributed by atoms with Gasteiger partial charge in [-0.1, -0.05) is 12.1 Å². The van der Waals surface area contributed by atoms with Crippen LogP contribution in [0.1, 0.15) is 42.3 Å². The van der Waals surface area contributed by atoms with Crippen LogP contribution >= 0.6 is 7.60 Å². The number of carbonyl (C=O) groups excluding carboxylic acids is 1. The lowest BCUT2D eigenvalue weighted by molar-refractivity contribution is 0.0405. The van der Waals surface area contributed by atoms with Gasteiger partial charge < -0.3 is 23.3 Å². The van der Waals surface area contributed by atoms with Gasteiger partial charge in [-0.15, -0.1) is 0 Å².